The number of carbonyl (C=O) groups is 3. The predicted octanol–water partition coefficient (Wildman–Crippen LogP) is 1.40. The molecule has 7 heteroatoms. The average Bonchev–Trinajstić information content (AvgIpc) is 2.51. The van der Waals surface area contributed by atoms with Crippen molar-refractivity contribution in [3.63, 3.8) is 0 Å². The molecule has 0 aromatic rings. The normalized spacial score (nSPS) is 15.1. The van der Waals surface area contributed by atoms with E-state index in [1.807, 2.05) is 34.6 Å². The molecule has 0 heterocycles. The largest absolute Gasteiger partial charge is 0.469 e. The maximum atomic E-state index is 12.5. The van der Waals surface area contributed by atoms with Crippen LogP contribution in [0.15, 0.2) is 0 Å². The standard InChI is InChI=1S/C17H32N2O5/c1-8-11(2)14(16(22)24-7)18-12(9-10-13(20)23-6)15(21)19-17(3,4)5/h11-12,14,18H,8-10H2,1-7H3,(H,19,21)/t11-,12+,14-/m0/s1. The van der Waals surface area contributed by atoms with Crippen molar-refractivity contribution in [1.82, 2.24) is 10.6 Å². The first-order valence-electron chi connectivity index (χ1n) is 8.28. The molecule has 7 nitrogen and oxygen atoms in total. The summed E-state index contributed by atoms with van der Waals surface area (Å²) in [4.78, 5) is 36.0. The molecule has 0 spiro atoms. The number of hydrogen-bond donors (Lipinski definition) is 2. The van der Waals surface area contributed by atoms with E-state index in [4.69, 9.17) is 4.74 Å². The van der Waals surface area contributed by atoms with Crippen LogP contribution >= 0.6 is 0 Å². The summed E-state index contributed by atoms with van der Waals surface area (Å²) in [5, 5.41) is 5.94. The summed E-state index contributed by atoms with van der Waals surface area (Å²) in [6.45, 7) is 9.48. The van der Waals surface area contributed by atoms with Gasteiger partial charge in [0.05, 0.1) is 20.3 Å². The Bertz CT molecular complexity index is 431. The molecular formula is C17H32N2O5. The van der Waals surface area contributed by atoms with E-state index in [-0.39, 0.29) is 24.7 Å². The van der Waals surface area contributed by atoms with Crippen LogP contribution in [-0.2, 0) is 23.9 Å². The molecule has 24 heavy (non-hydrogen) atoms. The highest BCUT2D eigenvalue weighted by Crippen LogP contribution is 2.13. The number of esters is 2. The van der Waals surface area contributed by atoms with Crippen LogP contribution in [0.4, 0.5) is 0 Å². The number of nitrogens with one attached hydrogen (secondary N) is 2. The zero-order valence-electron chi connectivity index (χ0n) is 15.9. The Morgan fingerprint density at radius 3 is 2.08 bits per heavy atom. The zero-order valence-corrected chi connectivity index (χ0v) is 15.9. The van der Waals surface area contributed by atoms with Crippen molar-refractivity contribution < 1.29 is 23.9 Å². The van der Waals surface area contributed by atoms with Gasteiger partial charge in [-0.25, -0.2) is 0 Å². The molecule has 140 valence electrons. The van der Waals surface area contributed by atoms with Crippen LogP contribution in [0.1, 0.15) is 53.9 Å². The predicted molar refractivity (Wildman–Crippen MR) is 91.3 cm³/mol. The van der Waals surface area contributed by atoms with Crippen molar-refractivity contribution in [2.75, 3.05) is 14.2 Å². The number of methoxy groups -OCH3 is 2. The van der Waals surface area contributed by atoms with Gasteiger partial charge in [-0.15, -0.1) is 0 Å². The van der Waals surface area contributed by atoms with Crippen molar-refractivity contribution in [2.24, 2.45) is 5.92 Å². The van der Waals surface area contributed by atoms with Gasteiger partial charge in [-0.2, -0.15) is 0 Å². The van der Waals surface area contributed by atoms with Crippen LogP contribution in [0.3, 0.4) is 0 Å². The molecule has 0 aromatic heterocycles. The molecule has 0 saturated carbocycles. The second-order valence-corrected chi connectivity index (χ2v) is 6.96. The molecule has 0 fully saturated rings. The van der Waals surface area contributed by atoms with Crippen LogP contribution in [0.5, 0.6) is 0 Å². The zero-order chi connectivity index (χ0) is 18.9. The highest BCUT2D eigenvalue weighted by molar-refractivity contribution is 5.84. The van der Waals surface area contributed by atoms with Gasteiger partial charge in [-0.1, -0.05) is 20.3 Å². The van der Waals surface area contributed by atoms with Gasteiger partial charge in [-0.05, 0) is 33.1 Å². The average molecular weight is 344 g/mol. The molecule has 3 atom stereocenters. The first-order valence-corrected chi connectivity index (χ1v) is 8.28. The maximum absolute atomic E-state index is 12.5. The van der Waals surface area contributed by atoms with Crippen LogP contribution < -0.4 is 10.6 Å². The maximum Gasteiger partial charge on any atom is 0.323 e. The summed E-state index contributed by atoms with van der Waals surface area (Å²) >= 11 is 0. The molecule has 0 aliphatic heterocycles. The van der Waals surface area contributed by atoms with Gasteiger partial charge in [0.2, 0.25) is 5.91 Å². The second kappa shape index (κ2) is 10.3. The molecular weight excluding hydrogens is 312 g/mol. The highest BCUT2D eigenvalue weighted by Gasteiger charge is 2.31. The molecule has 0 aliphatic rings. The van der Waals surface area contributed by atoms with Crippen LogP contribution in [-0.4, -0.2) is 49.7 Å². The van der Waals surface area contributed by atoms with Crippen molar-refractivity contribution in [3.8, 4) is 0 Å². The van der Waals surface area contributed by atoms with Gasteiger partial charge in [0, 0.05) is 12.0 Å². The minimum Gasteiger partial charge on any atom is -0.469 e. The lowest BCUT2D eigenvalue weighted by Gasteiger charge is -2.29. The summed E-state index contributed by atoms with van der Waals surface area (Å²) in [7, 11) is 2.62. The van der Waals surface area contributed by atoms with Crippen LogP contribution in [0.2, 0.25) is 0 Å². The molecule has 0 rings (SSSR count). The van der Waals surface area contributed by atoms with E-state index in [0.29, 0.717) is 0 Å². The Balaban J connectivity index is 5.22. The monoisotopic (exact) mass is 344 g/mol. The topological polar surface area (TPSA) is 93.7 Å². The van der Waals surface area contributed by atoms with Crippen LogP contribution in [0, 0.1) is 5.92 Å². The van der Waals surface area contributed by atoms with E-state index in [2.05, 4.69) is 15.4 Å². The lowest BCUT2D eigenvalue weighted by atomic mass is 9.97. The minimum absolute atomic E-state index is 0.0134. The third-order valence-corrected chi connectivity index (χ3v) is 3.73. The Morgan fingerprint density at radius 1 is 1.08 bits per heavy atom. The first kappa shape index (κ1) is 22.4. The van der Waals surface area contributed by atoms with Crippen LogP contribution in [0.25, 0.3) is 0 Å². The third-order valence-electron chi connectivity index (χ3n) is 3.73. The van der Waals surface area contributed by atoms with Gasteiger partial charge < -0.3 is 14.8 Å². The fourth-order valence-electron chi connectivity index (χ4n) is 2.16. The smallest absolute Gasteiger partial charge is 0.323 e. The lowest BCUT2D eigenvalue weighted by molar-refractivity contribution is -0.145. The van der Waals surface area contributed by atoms with Gasteiger partial charge in [-0.3, -0.25) is 19.7 Å². The van der Waals surface area contributed by atoms with Crippen molar-refractivity contribution >= 4 is 17.8 Å². The van der Waals surface area contributed by atoms with E-state index < -0.39 is 29.6 Å². The number of carbonyl (C=O) groups excluding carboxylic acids is 3. The Morgan fingerprint density at radius 2 is 1.67 bits per heavy atom. The molecule has 0 aromatic carbocycles. The van der Waals surface area contributed by atoms with Gasteiger partial charge in [0.15, 0.2) is 0 Å². The third kappa shape index (κ3) is 8.29. The summed E-state index contributed by atoms with van der Waals surface area (Å²) in [6.07, 6.45) is 1.07. The van der Waals surface area contributed by atoms with E-state index in [0.717, 1.165) is 6.42 Å². The number of ether oxygens (including phenoxy) is 2. The van der Waals surface area contributed by atoms with Gasteiger partial charge in [0.1, 0.15) is 6.04 Å². The summed E-state index contributed by atoms with van der Waals surface area (Å²) in [5.74, 6) is -1.09. The quantitative estimate of drug-likeness (QED) is 0.614. The van der Waals surface area contributed by atoms with E-state index >= 15 is 0 Å². The fraction of sp³-hybridized carbons (Fsp3) is 0.824. The highest BCUT2D eigenvalue weighted by atomic mass is 16.5. The SMILES string of the molecule is CC[C@H](C)[C@H](N[C@H](CCC(=O)OC)C(=O)NC(C)(C)C)C(=O)OC. The fourth-order valence-corrected chi connectivity index (χ4v) is 2.16. The van der Waals surface area contributed by atoms with Crippen molar-refractivity contribution in [2.45, 2.75) is 71.5 Å². The second-order valence-electron chi connectivity index (χ2n) is 6.96. The lowest BCUT2D eigenvalue weighted by Crippen LogP contribution is -2.56. The van der Waals surface area contributed by atoms with Gasteiger partial charge in [0.25, 0.3) is 0 Å². The summed E-state index contributed by atoms with van der Waals surface area (Å²) in [6, 6.07) is -1.31. The summed E-state index contributed by atoms with van der Waals surface area (Å²) < 4.78 is 9.47. The molecule has 1 amide bonds. The summed E-state index contributed by atoms with van der Waals surface area (Å²) in [5.41, 5.74) is -0.417. The Kier molecular flexibility index (Phi) is 9.58. The molecule has 0 saturated heterocycles. The van der Waals surface area contributed by atoms with Crippen molar-refractivity contribution in [3.05, 3.63) is 0 Å². The number of rotatable bonds is 9. The number of amides is 1. The molecule has 2 N–H and O–H groups in total. The van der Waals surface area contributed by atoms with Gasteiger partial charge >= 0.3 is 11.9 Å². The Hall–Kier alpha value is -1.63. The van der Waals surface area contributed by atoms with E-state index in [1.165, 1.54) is 14.2 Å². The molecule has 0 unspecified atom stereocenters. The molecule has 0 radical (unpaired) electrons. The molecule has 0 aliphatic carbocycles. The van der Waals surface area contributed by atoms with E-state index in [9.17, 15) is 14.4 Å². The minimum atomic E-state index is -0.693. The Labute approximate surface area is 144 Å². The van der Waals surface area contributed by atoms with E-state index in [1.54, 1.807) is 0 Å². The first-order chi connectivity index (χ1) is 11.1. The number of hydrogen-bond acceptors (Lipinski definition) is 6. The molecule has 0 bridgehead atoms. The van der Waals surface area contributed by atoms with Crippen molar-refractivity contribution in [1.29, 1.82) is 0 Å².